The summed E-state index contributed by atoms with van der Waals surface area (Å²) in [6, 6.07) is 5.60. The molecule has 1 aromatic rings. The SMILES string of the molecule is CC(C)NC(=O)CCN1C(=O)CSc2cc(N)ccc21. The maximum absolute atomic E-state index is 12.0. The monoisotopic (exact) mass is 293 g/mol. The number of benzene rings is 1. The van der Waals surface area contributed by atoms with Gasteiger partial charge < -0.3 is 16.0 Å². The van der Waals surface area contributed by atoms with Crippen LogP contribution in [-0.4, -0.2) is 30.2 Å². The summed E-state index contributed by atoms with van der Waals surface area (Å²) in [5.74, 6) is 0.384. The normalized spacial score (nSPS) is 14.3. The summed E-state index contributed by atoms with van der Waals surface area (Å²) in [7, 11) is 0. The number of hydrogen-bond donors (Lipinski definition) is 2. The number of thioether (sulfide) groups is 1. The lowest BCUT2D eigenvalue weighted by atomic mass is 10.2. The molecule has 2 rings (SSSR count). The molecule has 1 aromatic carbocycles. The van der Waals surface area contributed by atoms with Gasteiger partial charge in [-0.05, 0) is 32.0 Å². The van der Waals surface area contributed by atoms with Crippen LogP contribution in [-0.2, 0) is 9.59 Å². The van der Waals surface area contributed by atoms with E-state index < -0.39 is 0 Å². The molecule has 1 aliphatic rings. The average molecular weight is 293 g/mol. The second kappa shape index (κ2) is 6.17. The van der Waals surface area contributed by atoms with E-state index in [2.05, 4.69) is 5.32 Å². The van der Waals surface area contributed by atoms with Crippen molar-refractivity contribution in [3.05, 3.63) is 18.2 Å². The van der Waals surface area contributed by atoms with Gasteiger partial charge in [-0.1, -0.05) is 0 Å². The molecule has 6 heteroatoms. The Morgan fingerprint density at radius 1 is 1.50 bits per heavy atom. The van der Waals surface area contributed by atoms with E-state index in [9.17, 15) is 9.59 Å². The highest BCUT2D eigenvalue weighted by Gasteiger charge is 2.25. The van der Waals surface area contributed by atoms with Gasteiger partial charge in [-0.2, -0.15) is 0 Å². The van der Waals surface area contributed by atoms with Gasteiger partial charge in [-0.3, -0.25) is 9.59 Å². The molecule has 1 heterocycles. The predicted octanol–water partition coefficient (Wildman–Crippen LogP) is 1.62. The van der Waals surface area contributed by atoms with E-state index in [1.165, 1.54) is 11.8 Å². The van der Waals surface area contributed by atoms with Gasteiger partial charge in [-0.15, -0.1) is 11.8 Å². The van der Waals surface area contributed by atoms with E-state index in [0.717, 1.165) is 10.6 Å². The Morgan fingerprint density at radius 3 is 2.95 bits per heavy atom. The van der Waals surface area contributed by atoms with Crippen LogP contribution >= 0.6 is 11.8 Å². The van der Waals surface area contributed by atoms with Crippen LogP contribution in [0.5, 0.6) is 0 Å². The third kappa shape index (κ3) is 3.45. The van der Waals surface area contributed by atoms with Crippen molar-refractivity contribution in [2.45, 2.75) is 31.2 Å². The molecule has 20 heavy (non-hydrogen) atoms. The summed E-state index contributed by atoms with van der Waals surface area (Å²) in [6.45, 7) is 4.23. The Bertz CT molecular complexity index is 531. The zero-order valence-corrected chi connectivity index (χ0v) is 12.5. The number of carbonyl (C=O) groups is 2. The molecule has 0 unspecified atom stereocenters. The molecule has 0 fully saturated rings. The van der Waals surface area contributed by atoms with Crippen LogP contribution in [0.3, 0.4) is 0 Å². The van der Waals surface area contributed by atoms with Gasteiger partial charge in [0, 0.05) is 29.6 Å². The average Bonchev–Trinajstić information content (AvgIpc) is 2.37. The minimum absolute atomic E-state index is 0.0321. The molecule has 0 aromatic heterocycles. The lowest BCUT2D eigenvalue weighted by Crippen LogP contribution is -2.39. The minimum Gasteiger partial charge on any atom is -0.399 e. The number of nitrogens with one attached hydrogen (secondary N) is 1. The first-order valence-electron chi connectivity index (χ1n) is 6.59. The van der Waals surface area contributed by atoms with Gasteiger partial charge in [0.15, 0.2) is 0 Å². The Kier molecular flexibility index (Phi) is 4.54. The van der Waals surface area contributed by atoms with E-state index in [1.807, 2.05) is 26.0 Å². The number of rotatable bonds is 4. The van der Waals surface area contributed by atoms with Crippen LogP contribution in [0.4, 0.5) is 11.4 Å². The standard InChI is InChI=1S/C14H19N3O2S/c1-9(2)16-13(18)5-6-17-11-4-3-10(15)7-12(11)20-8-14(17)19/h3-4,7,9H,5-6,8,15H2,1-2H3,(H,16,18). The number of carbonyl (C=O) groups excluding carboxylic acids is 2. The molecule has 3 N–H and O–H groups in total. The fourth-order valence-electron chi connectivity index (χ4n) is 2.07. The van der Waals surface area contributed by atoms with E-state index in [-0.39, 0.29) is 17.9 Å². The number of anilines is 2. The van der Waals surface area contributed by atoms with Crippen molar-refractivity contribution in [3.8, 4) is 0 Å². The van der Waals surface area contributed by atoms with Gasteiger partial charge in [-0.25, -0.2) is 0 Å². The molecule has 2 amide bonds. The van der Waals surface area contributed by atoms with Crippen molar-refractivity contribution < 1.29 is 9.59 Å². The molecule has 0 aliphatic carbocycles. The van der Waals surface area contributed by atoms with Crippen molar-refractivity contribution in [1.29, 1.82) is 0 Å². The second-order valence-corrected chi connectivity index (χ2v) is 6.05. The molecule has 0 spiro atoms. The molecule has 0 bridgehead atoms. The number of amides is 2. The predicted molar refractivity (Wildman–Crippen MR) is 81.8 cm³/mol. The number of nitrogens with two attached hydrogens (primary N) is 1. The lowest BCUT2D eigenvalue weighted by molar-refractivity contribution is -0.121. The fraction of sp³-hybridized carbons (Fsp3) is 0.429. The summed E-state index contributed by atoms with van der Waals surface area (Å²) >= 11 is 1.49. The van der Waals surface area contributed by atoms with E-state index in [0.29, 0.717) is 24.4 Å². The molecule has 108 valence electrons. The zero-order valence-electron chi connectivity index (χ0n) is 11.7. The van der Waals surface area contributed by atoms with Crippen LogP contribution < -0.4 is 16.0 Å². The molecule has 0 radical (unpaired) electrons. The molecular weight excluding hydrogens is 274 g/mol. The highest BCUT2D eigenvalue weighted by Crippen LogP contribution is 2.36. The first-order chi connectivity index (χ1) is 9.47. The van der Waals surface area contributed by atoms with Gasteiger partial charge >= 0.3 is 0 Å². The molecule has 0 atom stereocenters. The van der Waals surface area contributed by atoms with Crippen LogP contribution in [0.1, 0.15) is 20.3 Å². The maximum atomic E-state index is 12.0. The van der Waals surface area contributed by atoms with Crippen LogP contribution in [0.25, 0.3) is 0 Å². The fourth-order valence-corrected chi connectivity index (χ4v) is 3.05. The molecular formula is C14H19N3O2S. The minimum atomic E-state index is -0.0389. The third-order valence-electron chi connectivity index (χ3n) is 2.94. The van der Waals surface area contributed by atoms with Crippen molar-refractivity contribution in [2.24, 2.45) is 0 Å². The van der Waals surface area contributed by atoms with E-state index >= 15 is 0 Å². The summed E-state index contributed by atoms with van der Waals surface area (Å²) in [6.07, 6.45) is 0.304. The first-order valence-corrected chi connectivity index (χ1v) is 7.58. The van der Waals surface area contributed by atoms with Gasteiger partial charge in [0.2, 0.25) is 11.8 Å². The van der Waals surface area contributed by atoms with E-state index in [4.69, 9.17) is 5.73 Å². The van der Waals surface area contributed by atoms with Gasteiger partial charge in [0.05, 0.1) is 11.4 Å². The Labute approximate surface area is 122 Å². The number of nitrogens with zero attached hydrogens (tertiary/aromatic N) is 1. The van der Waals surface area contributed by atoms with Crippen LogP contribution in [0.2, 0.25) is 0 Å². The Hall–Kier alpha value is -1.69. The molecule has 5 nitrogen and oxygen atoms in total. The summed E-state index contributed by atoms with van der Waals surface area (Å²) in [5.41, 5.74) is 7.29. The Morgan fingerprint density at radius 2 is 2.25 bits per heavy atom. The zero-order chi connectivity index (χ0) is 14.7. The first kappa shape index (κ1) is 14.7. The van der Waals surface area contributed by atoms with Gasteiger partial charge in [0.1, 0.15) is 0 Å². The number of fused-ring (bicyclic) bond motifs is 1. The number of nitrogen functional groups attached to an aromatic ring is 1. The number of hydrogen-bond acceptors (Lipinski definition) is 4. The smallest absolute Gasteiger partial charge is 0.237 e. The maximum Gasteiger partial charge on any atom is 0.237 e. The summed E-state index contributed by atoms with van der Waals surface area (Å²) < 4.78 is 0. The summed E-state index contributed by atoms with van der Waals surface area (Å²) in [4.78, 5) is 26.4. The highest BCUT2D eigenvalue weighted by atomic mass is 32.2. The van der Waals surface area contributed by atoms with E-state index in [1.54, 1.807) is 11.0 Å². The second-order valence-electron chi connectivity index (χ2n) is 5.03. The largest absolute Gasteiger partial charge is 0.399 e. The molecule has 1 aliphatic heterocycles. The topological polar surface area (TPSA) is 75.4 Å². The molecule has 0 saturated carbocycles. The van der Waals surface area contributed by atoms with Crippen molar-refractivity contribution >= 4 is 35.0 Å². The van der Waals surface area contributed by atoms with Crippen LogP contribution in [0, 0.1) is 0 Å². The van der Waals surface area contributed by atoms with Crippen LogP contribution in [0.15, 0.2) is 23.1 Å². The molecule has 0 saturated heterocycles. The quantitative estimate of drug-likeness (QED) is 0.827. The highest BCUT2D eigenvalue weighted by molar-refractivity contribution is 8.00. The Balaban J connectivity index is 2.08. The van der Waals surface area contributed by atoms with Gasteiger partial charge in [0.25, 0.3) is 0 Å². The van der Waals surface area contributed by atoms with Crippen molar-refractivity contribution in [2.75, 3.05) is 22.9 Å². The van der Waals surface area contributed by atoms with Crippen molar-refractivity contribution in [1.82, 2.24) is 5.32 Å². The van der Waals surface area contributed by atoms with Crippen molar-refractivity contribution in [3.63, 3.8) is 0 Å². The summed E-state index contributed by atoms with van der Waals surface area (Å²) in [5, 5.41) is 2.83. The third-order valence-corrected chi connectivity index (χ3v) is 3.97. The lowest BCUT2D eigenvalue weighted by Gasteiger charge is -2.29.